The van der Waals surface area contributed by atoms with Gasteiger partial charge in [-0.2, -0.15) is 4.37 Å². The smallest absolute Gasteiger partial charge is 0.409 e. The molecule has 1 amide bonds. The van der Waals surface area contributed by atoms with Crippen LogP contribution in [0.2, 0.25) is 5.02 Å². The summed E-state index contributed by atoms with van der Waals surface area (Å²) in [5.41, 5.74) is 0.455. The molecule has 28 heavy (non-hydrogen) atoms. The van der Waals surface area contributed by atoms with Crippen molar-refractivity contribution < 1.29 is 22.7 Å². The second kappa shape index (κ2) is 9.03. The molecule has 0 radical (unpaired) electrons. The first-order valence-corrected chi connectivity index (χ1v) is 11.1. The number of rotatable bonds is 6. The van der Waals surface area contributed by atoms with Gasteiger partial charge in [0.05, 0.1) is 18.1 Å². The van der Waals surface area contributed by atoms with E-state index in [1.165, 1.54) is 6.07 Å². The third kappa shape index (κ3) is 5.10. The number of aromatic nitrogens is 2. The molecule has 0 aliphatic carbocycles. The van der Waals surface area contributed by atoms with Gasteiger partial charge >= 0.3 is 6.09 Å². The highest BCUT2D eigenvalue weighted by Gasteiger charge is 2.21. The fourth-order valence-electron chi connectivity index (χ4n) is 2.51. The highest BCUT2D eigenvalue weighted by molar-refractivity contribution is 7.93. The third-order valence-corrected chi connectivity index (χ3v) is 6.71. The number of anilines is 1. The predicted octanol–water partition coefficient (Wildman–Crippen LogP) is 2.31. The number of amides is 1. The molecular formula is C16H19ClN4O5S2. The molecule has 1 aliphatic rings. The fourth-order valence-corrected chi connectivity index (χ4v) is 4.85. The van der Waals surface area contributed by atoms with Gasteiger partial charge in [-0.1, -0.05) is 17.7 Å². The molecule has 1 N–H and O–H groups in total. The molecule has 0 bridgehead atoms. The standard InChI is InChI=1S/C16H19ClN4O5S2/c1-11-12(17)3-2-4-13(11)28(23,24)20-15-18-14(19-27-15)5-8-26-16(22)21-6-9-25-10-7-21/h2-4H,5-10H2,1H3,(H,18,19,20). The van der Waals surface area contributed by atoms with Crippen LogP contribution in [0.25, 0.3) is 0 Å². The summed E-state index contributed by atoms with van der Waals surface area (Å²) in [4.78, 5) is 17.7. The minimum atomic E-state index is -3.83. The van der Waals surface area contributed by atoms with E-state index < -0.39 is 16.1 Å². The molecule has 2 aromatic rings. The minimum Gasteiger partial charge on any atom is -0.449 e. The number of nitrogens with zero attached hydrogens (tertiary/aromatic N) is 3. The van der Waals surface area contributed by atoms with Gasteiger partial charge in [0.1, 0.15) is 12.4 Å². The van der Waals surface area contributed by atoms with Crippen LogP contribution in [0.5, 0.6) is 0 Å². The number of nitrogens with one attached hydrogen (secondary N) is 1. The number of carbonyl (C=O) groups excluding carboxylic acids is 1. The van der Waals surface area contributed by atoms with Crippen LogP contribution in [-0.2, 0) is 25.9 Å². The quantitative estimate of drug-likeness (QED) is 0.724. The Morgan fingerprint density at radius 2 is 2.14 bits per heavy atom. The van der Waals surface area contributed by atoms with Crippen molar-refractivity contribution in [1.29, 1.82) is 0 Å². The summed E-state index contributed by atoms with van der Waals surface area (Å²) >= 11 is 6.91. The van der Waals surface area contributed by atoms with Gasteiger partial charge in [0.25, 0.3) is 10.0 Å². The van der Waals surface area contributed by atoms with Crippen LogP contribution in [-0.4, -0.2) is 61.7 Å². The Kier molecular flexibility index (Phi) is 6.70. The van der Waals surface area contributed by atoms with Crippen molar-refractivity contribution in [3.05, 3.63) is 34.6 Å². The zero-order valence-electron chi connectivity index (χ0n) is 15.1. The maximum Gasteiger partial charge on any atom is 0.409 e. The van der Waals surface area contributed by atoms with Crippen LogP contribution >= 0.6 is 23.1 Å². The van der Waals surface area contributed by atoms with Gasteiger partial charge in [-0.05, 0) is 24.6 Å². The summed E-state index contributed by atoms with van der Waals surface area (Å²) in [6.07, 6.45) is -0.124. The maximum atomic E-state index is 12.5. The lowest BCUT2D eigenvalue weighted by atomic mass is 10.2. The lowest BCUT2D eigenvalue weighted by Gasteiger charge is -2.25. The first kappa shape index (κ1) is 20.8. The van der Waals surface area contributed by atoms with Crippen LogP contribution in [0.15, 0.2) is 23.1 Å². The van der Waals surface area contributed by atoms with E-state index in [4.69, 9.17) is 21.1 Å². The number of hydrogen-bond donors (Lipinski definition) is 1. The van der Waals surface area contributed by atoms with Crippen molar-refractivity contribution >= 4 is 44.4 Å². The van der Waals surface area contributed by atoms with Crippen LogP contribution < -0.4 is 4.72 Å². The lowest BCUT2D eigenvalue weighted by Crippen LogP contribution is -2.41. The Morgan fingerprint density at radius 3 is 2.89 bits per heavy atom. The molecule has 1 aromatic heterocycles. The SMILES string of the molecule is Cc1c(Cl)cccc1S(=O)(=O)Nc1nc(CCOC(=O)N2CCOCC2)ns1. The summed E-state index contributed by atoms with van der Waals surface area (Å²) in [5, 5.41) is 0.497. The van der Waals surface area contributed by atoms with Gasteiger partial charge < -0.3 is 14.4 Å². The normalized spacial score (nSPS) is 14.7. The van der Waals surface area contributed by atoms with E-state index in [-0.39, 0.29) is 23.1 Å². The van der Waals surface area contributed by atoms with Crippen LogP contribution in [0.1, 0.15) is 11.4 Å². The van der Waals surface area contributed by atoms with Crippen LogP contribution in [0, 0.1) is 6.92 Å². The van der Waals surface area contributed by atoms with E-state index in [9.17, 15) is 13.2 Å². The average molecular weight is 447 g/mol. The minimum absolute atomic E-state index is 0.0798. The van der Waals surface area contributed by atoms with Gasteiger partial charge in [-0.25, -0.2) is 18.2 Å². The van der Waals surface area contributed by atoms with E-state index in [0.717, 1.165) is 11.5 Å². The zero-order chi connectivity index (χ0) is 20.1. The molecule has 1 aliphatic heterocycles. The molecule has 0 atom stereocenters. The molecule has 12 heteroatoms. The van der Waals surface area contributed by atoms with Crippen molar-refractivity contribution in [3.8, 4) is 0 Å². The van der Waals surface area contributed by atoms with E-state index in [2.05, 4.69) is 14.1 Å². The molecule has 9 nitrogen and oxygen atoms in total. The van der Waals surface area contributed by atoms with Crippen LogP contribution in [0.3, 0.4) is 0 Å². The van der Waals surface area contributed by atoms with E-state index in [0.29, 0.717) is 42.7 Å². The summed E-state index contributed by atoms with van der Waals surface area (Å²) in [7, 11) is -3.83. The third-order valence-electron chi connectivity index (χ3n) is 4.02. The molecule has 3 rings (SSSR count). The number of hydrogen-bond acceptors (Lipinski definition) is 8. The largest absolute Gasteiger partial charge is 0.449 e. The van der Waals surface area contributed by atoms with E-state index in [1.807, 2.05) is 0 Å². The number of carbonyl (C=O) groups is 1. The molecule has 1 fully saturated rings. The lowest BCUT2D eigenvalue weighted by molar-refractivity contribution is 0.0274. The van der Waals surface area contributed by atoms with Crippen molar-refractivity contribution in [2.75, 3.05) is 37.6 Å². The zero-order valence-corrected chi connectivity index (χ0v) is 17.4. The van der Waals surface area contributed by atoms with Crippen LogP contribution in [0.4, 0.5) is 9.93 Å². The molecule has 0 unspecified atom stereocenters. The molecular weight excluding hydrogens is 428 g/mol. The fraction of sp³-hybridized carbons (Fsp3) is 0.438. The number of morpholine rings is 1. The number of benzene rings is 1. The second-order valence-electron chi connectivity index (χ2n) is 5.95. The average Bonchev–Trinajstić information content (AvgIpc) is 3.11. The summed E-state index contributed by atoms with van der Waals surface area (Å²) in [6, 6.07) is 4.66. The Hall–Kier alpha value is -1.95. The highest BCUT2D eigenvalue weighted by atomic mass is 35.5. The van der Waals surface area contributed by atoms with Gasteiger partial charge in [0, 0.05) is 36.1 Å². The number of sulfonamides is 1. The number of halogens is 1. The Morgan fingerprint density at radius 1 is 1.39 bits per heavy atom. The summed E-state index contributed by atoms with van der Waals surface area (Å²) in [6.45, 7) is 3.74. The van der Waals surface area contributed by atoms with Crippen molar-refractivity contribution in [1.82, 2.24) is 14.3 Å². The number of ether oxygens (including phenoxy) is 2. The first-order valence-electron chi connectivity index (χ1n) is 8.47. The second-order valence-corrected chi connectivity index (χ2v) is 8.76. The van der Waals surface area contributed by atoms with Crippen molar-refractivity contribution in [2.45, 2.75) is 18.2 Å². The van der Waals surface area contributed by atoms with Gasteiger partial charge in [-0.3, -0.25) is 4.72 Å². The first-order chi connectivity index (χ1) is 13.4. The van der Waals surface area contributed by atoms with Crippen molar-refractivity contribution in [2.24, 2.45) is 0 Å². The molecule has 2 heterocycles. The molecule has 0 spiro atoms. The van der Waals surface area contributed by atoms with E-state index >= 15 is 0 Å². The predicted molar refractivity (Wildman–Crippen MR) is 104 cm³/mol. The van der Waals surface area contributed by atoms with Gasteiger partial charge in [-0.15, -0.1) is 0 Å². The molecule has 152 valence electrons. The molecule has 0 saturated carbocycles. The topological polar surface area (TPSA) is 111 Å². The monoisotopic (exact) mass is 446 g/mol. The Balaban J connectivity index is 1.55. The Bertz CT molecular complexity index is 944. The molecule has 1 aromatic carbocycles. The summed E-state index contributed by atoms with van der Waals surface area (Å²) in [5.74, 6) is 0.389. The van der Waals surface area contributed by atoms with Gasteiger partial charge in [0.2, 0.25) is 5.13 Å². The van der Waals surface area contributed by atoms with Crippen molar-refractivity contribution in [3.63, 3.8) is 0 Å². The highest BCUT2D eigenvalue weighted by Crippen LogP contribution is 2.25. The molecule has 1 saturated heterocycles. The van der Waals surface area contributed by atoms with Gasteiger partial charge in [0.15, 0.2) is 0 Å². The maximum absolute atomic E-state index is 12.5. The van der Waals surface area contributed by atoms with E-state index in [1.54, 1.807) is 24.0 Å². The summed E-state index contributed by atoms with van der Waals surface area (Å²) < 4.78 is 42.0. The Labute approximate surface area is 171 Å².